The Morgan fingerprint density at radius 1 is 1.42 bits per heavy atom. The van der Waals surface area contributed by atoms with Crippen molar-refractivity contribution in [3.05, 3.63) is 34.3 Å². The van der Waals surface area contributed by atoms with E-state index in [0.29, 0.717) is 0 Å². The SMILES string of the molecule is Cc1ccc([C@H](C)N)cc1Cl.Cl. The second-order valence-electron chi connectivity index (χ2n) is 2.80. The average Bonchev–Trinajstić information content (AvgIpc) is 1.94. The highest BCUT2D eigenvalue weighted by Crippen LogP contribution is 2.19. The highest BCUT2D eigenvalue weighted by Gasteiger charge is 2.00. The van der Waals surface area contributed by atoms with Crippen LogP contribution in [0.4, 0.5) is 0 Å². The van der Waals surface area contributed by atoms with Gasteiger partial charge in [-0.15, -0.1) is 12.4 Å². The molecule has 3 heteroatoms. The molecule has 1 nitrogen and oxygen atoms in total. The topological polar surface area (TPSA) is 26.0 Å². The Kier molecular flexibility index (Phi) is 4.61. The summed E-state index contributed by atoms with van der Waals surface area (Å²) >= 11 is 5.90. The minimum Gasteiger partial charge on any atom is -0.324 e. The Labute approximate surface area is 84.3 Å². The Hall–Kier alpha value is -0.240. The first-order valence-electron chi connectivity index (χ1n) is 3.63. The van der Waals surface area contributed by atoms with Gasteiger partial charge in [0, 0.05) is 11.1 Å². The molecule has 0 saturated carbocycles. The van der Waals surface area contributed by atoms with Gasteiger partial charge in [-0.1, -0.05) is 23.7 Å². The van der Waals surface area contributed by atoms with Crippen molar-refractivity contribution in [2.75, 3.05) is 0 Å². The minimum atomic E-state index is 0. The third kappa shape index (κ3) is 2.67. The Bertz CT molecular complexity index is 259. The van der Waals surface area contributed by atoms with Crippen molar-refractivity contribution >= 4 is 24.0 Å². The Morgan fingerprint density at radius 2 is 2.00 bits per heavy atom. The van der Waals surface area contributed by atoms with Crippen LogP contribution in [0.1, 0.15) is 24.1 Å². The summed E-state index contributed by atoms with van der Waals surface area (Å²) in [5.41, 5.74) is 7.85. The van der Waals surface area contributed by atoms with Gasteiger partial charge in [-0.2, -0.15) is 0 Å². The molecule has 0 radical (unpaired) electrons. The molecule has 2 N–H and O–H groups in total. The number of hydrogen-bond acceptors (Lipinski definition) is 1. The molecule has 1 aromatic rings. The molecular weight excluding hydrogens is 193 g/mol. The zero-order chi connectivity index (χ0) is 8.43. The van der Waals surface area contributed by atoms with Gasteiger partial charge in [0.15, 0.2) is 0 Å². The third-order valence-electron chi connectivity index (χ3n) is 1.72. The molecule has 68 valence electrons. The Morgan fingerprint density at radius 3 is 2.42 bits per heavy atom. The zero-order valence-electron chi connectivity index (χ0n) is 7.17. The van der Waals surface area contributed by atoms with E-state index < -0.39 is 0 Å². The van der Waals surface area contributed by atoms with E-state index in [1.54, 1.807) is 0 Å². The number of aryl methyl sites for hydroxylation is 1. The molecule has 1 rings (SSSR count). The van der Waals surface area contributed by atoms with Crippen LogP contribution in [0.3, 0.4) is 0 Å². The molecule has 0 aliphatic rings. The lowest BCUT2D eigenvalue weighted by molar-refractivity contribution is 0.818. The predicted octanol–water partition coefficient (Wildman–Crippen LogP) is 3.09. The largest absolute Gasteiger partial charge is 0.324 e. The predicted molar refractivity (Wildman–Crippen MR) is 56.0 cm³/mol. The minimum absolute atomic E-state index is 0. The summed E-state index contributed by atoms with van der Waals surface area (Å²) in [7, 11) is 0. The Balaban J connectivity index is 0.00000121. The number of halogens is 2. The highest BCUT2D eigenvalue weighted by atomic mass is 35.5. The van der Waals surface area contributed by atoms with E-state index in [4.69, 9.17) is 17.3 Å². The van der Waals surface area contributed by atoms with Gasteiger partial charge in [0.25, 0.3) is 0 Å². The van der Waals surface area contributed by atoms with Crippen molar-refractivity contribution in [3.63, 3.8) is 0 Å². The molecule has 0 aromatic heterocycles. The van der Waals surface area contributed by atoms with Crippen LogP contribution in [-0.2, 0) is 0 Å². The van der Waals surface area contributed by atoms with Crippen molar-refractivity contribution in [3.8, 4) is 0 Å². The smallest absolute Gasteiger partial charge is 0.0438 e. The van der Waals surface area contributed by atoms with Gasteiger partial charge in [0.2, 0.25) is 0 Å². The number of benzene rings is 1. The van der Waals surface area contributed by atoms with Crippen molar-refractivity contribution in [1.29, 1.82) is 0 Å². The van der Waals surface area contributed by atoms with Gasteiger partial charge in [-0.05, 0) is 31.0 Å². The lowest BCUT2D eigenvalue weighted by atomic mass is 10.1. The summed E-state index contributed by atoms with van der Waals surface area (Å²) in [6.45, 7) is 3.92. The van der Waals surface area contributed by atoms with E-state index in [2.05, 4.69) is 0 Å². The summed E-state index contributed by atoms with van der Waals surface area (Å²) in [4.78, 5) is 0. The van der Waals surface area contributed by atoms with Crippen LogP contribution in [0.2, 0.25) is 5.02 Å². The van der Waals surface area contributed by atoms with E-state index >= 15 is 0 Å². The quantitative estimate of drug-likeness (QED) is 0.750. The van der Waals surface area contributed by atoms with E-state index in [0.717, 1.165) is 16.1 Å². The maximum atomic E-state index is 5.90. The summed E-state index contributed by atoms with van der Waals surface area (Å²) in [6.07, 6.45) is 0. The first-order chi connectivity index (χ1) is 5.11. The number of rotatable bonds is 1. The van der Waals surface area contributed by atoms with Gasteiger partial charge in [-0.25, -0.2) is 0 Å². The van der Waals surface area contributed by atoms with Gasteiger partial charge in [0.1, 0.15) is 0 Å². The zero-order valence-corrected chi connectivity index (χ0v) is 8.75. The molecule has 0 spiro atoms. The second kappa shape index (κ2) is 4.70. The normalized spacial score (nSPS) is 12.0. The molecule has 1 aromatic carbocycles. The van der Waals surface area contributed by atoms with Crippen LogP contribution >= 0.6 is 24.0 Å². The van der Waals surface area contributed by atoms with Gasteiger partial charge in [0.05, 0.1) is 0 Å². The van der Waals surface area contributed by atoms with E-state index in [-0.39, 0.29) is 18.4 Å². The van der Waals surface area contributed by atoms with Crippen molar-refractivity contribution < 1.29 is 0 Å². The molecule has 0 amide bonds. The lowest BCUT2D eigenvalue weighted by Gasteiger charge is -2.06. The molecule has 0 heterocycles. The van der Waals surface area contributed by atoms with Crippen LogP contribution in [0.25, 0.3) is 0 Å². The summed E-state index contributed by atoms with van der Waals surface area (Å²) < 4.78 is 0. The molecule has 0 fully saturated rings. The number of hydrogen-bond donors (Lipinski definition) is 1. The second-order valence-corrected chi connectivity index (χ2v) is 3.20. The molecule has 0 saturated heterocycles. The maximum Gasteiger partial charge on any atom is 0.0438 e. The molecule has 0 aliphatic heterocycles. The standard InChI is InChI=1S/C9H12ClN.ClH/c1-6-3-4-8(7(2)11)5-9(6)10;/h3-5,7H,11H2,1-2H3;1H/t7-;/m0./s1. The number of nitrogens with two attached hydrogens (primary N) is 1. The van der Waals surface area contributed by atoms with E-state index in [1.165, 1.54) is 0 Å². The van der Waals surface area contributed by atoms with Crippen molar-refractivity contribution in [2.45, 2.75) is 19.9 Å². The van der Waals surface area contributed by atoms with Gasteiger partial charge >= 0.3 is 0 Å². The van der Waals surface area contributed by atoms with Crippen molar-refractivity contribution in [1.82, 2.24) is 0 Å². The van der Waals surface area contributed by atoms with Gasteiger partial charge in [-0.3, -0.25) is 0 Å². The fourth-order valence-electron chi connectivity index (χ4n) is 0.892. The maximum absolute atomic E-state index is 5.90. The molecule has 12 heavy (non-hydrogen) atoms. The molecule has 0 aliphatic carbocycles. The van der Waals surface area contributed by atoms with Crippen LogP contribution in [0.15, 0.2) is 18.2 Å². The van der Waals surface area contributed by atoms with Crippen LogP contribution in [0.5, 0.6) is 0 Å². The van der Waals surface area contributed by atoms with Crippen LogP contribution < -0.4 is 5.73 Å². The van der Waals surface area contributed by atoms with Crippen LogP contribution in [0, 0.1) is 6.92 Å². The summed E-state index contributed by atoms with van der Waals surface area (Å²) in [5, 5.41) is 0.791. The monoisotopic (exact) mass is 205 g/mol. The third-order valence-corrected chi connectivity index (χ3v) is 2.13. The fourth-order valence-corrected chi connectivity index (χ4v) is 1.08. The van der Waals surface area contributed by atoms with E-state index in [9.17, 15) is 0 Å². The highest BCUT2D eigenvalue weighted by molar-refractivity contribution is 6.31. The van der Waals surface area contributed by atoms with E-state index in [1.807, 2.05) is 32.0 Å². The first kappa shape index (κ1) is 11.8. The van der Waals surface area contributed by atoms with Crippen LogP contribution in [-0.4, -0.2) is 0 Å². The molecule has 0 unspecified atom stereocenters. The molecule has 0 bridgehead atoms. The summed E-state index contributed by atoms with van der Waals surface area (Å²) in [6, 6.07) is 5.97. The summed E-state index contributed by atoms with van der Waals surface area (Å²) in [5.74, 6) is 0. The lowest BCUT2D eigenvalue weighted by Crippen LogP contribution is -2.04. The fraction of sp³-hybridized carbons (Fsp3) is 0.333. The molecule has 1 atom stereocenters. The first-order valence-corrected chi connectivity index (χ1v) is 4.00. The average molecular weight is 206 g/mol. The van der Waals surface area contributed by atoms with Gasteiger partial charge < -0.3 is 5.73 Å². The van der Waals surface area contributed by atoms with Crippen molar-refractivity contribution in [2.24, 2.45) is 5.73 Å². The molecular formula is C9H13Cl2N.